The topological polar surface area (TPSA) is 36.9 Å². The largest absolute Gasteiger partial charge is 0.485 e. The summed E-state index contributed by atoms with van der Waals surface area (Å²) < 4.78 is 33.2. The summed E-state index contributed by atoms with van der Waals surface area (Å²) in [6, 6.07) is 42.3. The lowest BCUT2D eigenvalue weighted by atomic mass is 10.2. The van der Waals surface area contributed by atoms with E-state index >= 15 is 0 Å². The predicted octanol–water partition coefficient (Wildman–Crippen LogP) is 9.17. The van der Waals surface area contributed by atoms with Crippen molar-refractivity contribution in [2.45, 2.75) is 40.3 Å². The van der Waals surface area contributed by atoms with E-state index in [2.05, 4.69) is 226 Å². The van der Waals surface area contributed by atoms with Crippen LogP contribution < -0.4 is 40.2 Å². The molecule has 9 heteroatoms. The Morgan fingerprint density at radius 2 is 0.608 bits per heavy atom. The first-order valence-corrected chi connectivity index (χ1v) is 22.6. The number of rotatable bonds is 14. The van der Waals surface area contributed by atoms with Gasteiger partial charge in [0.1, 0.15) is 26.4 Å². The zero-order valence-electron chi connectivity index (χ0n) is 27.9. The molecule has 6 rings (SSSR count). The maximum atomic E-state index is 6.50. The third-order valence-electron chi connectivity index (χ3n) is 7.88. The second-order valence-electron chi connectivity index (χ2n) is 11.9. The van der Waals surface area contributed by atoms with E-state index in [-0.39, 0.29) is 0 Å². The van der Waals surface area contributed by atoms with Crippen molar-refractivity contribution >= 4 is 90.4 Å². The number of ether oxygens (including phenoxy) is 4. The van der Waals surface area contributed by atoms with Crippen molar-refractivity contribution in [3.63, 3.8) is 0 Å². The number of hydrogen-bond donors (Lipinski definition) is 0. The molecule has 6 aromatic carbocycles. The highest BCUT2D eigenvalue weighted by Gasteiger charge is 2.26. The Morgan fingerprint density at radius 3 is 0.863 bits per heavy atom. The van der Waals surface area contributed by atoms with E-state index in [1.807, 2.05) is 0 Å². The molecule has 0 aliphatic carbocycles. The van der Waals surface area contributed by atoms with Gasteiger partial charge in [-0.2, -0.15) is 0 Å². The first kappa shape index (κ1) is 38.9. The van der Waals surface area contributed by atoms with Gasteiger partial charge in [0.2, 0.25) is 7.14 Å². The lowest BCUT2D eigenvalue weighted by molar-refractivity contribution is -0.598. The number of halogens is 5. The minimum Gasteiger partial charge on any atom is -0.485 e. The SMILES string of the molecule is Cc1cc(OCc2ccc(I)cc2)c(OCc2ccc(I)cc2)cc1[I+]c1cc(OCc2ccc(I)cc2)c(OCc2ccc(I)cc2)cc1C. The summed E-state index contributed by atoms with van der Waals surface area (Å²) in [6.45, 7) is 6.18. The number of benzene rings is 6. The van der Waals surface area contributed by atoms with Crippen molar-refractivity contribution in [1.29, 1.82) is 0 Å². The van der Waals surface area contributed by atoms with Crippen LogP contribution >= 0.6 is 90.4 Å². The van der Waals surface area contributed by atoms with Crippen LogP contribution in [-0.4, -0.2) is 0 Å². The molecular formula is C42H34I5O4+. The maximum Gasteiger partial charge on any atom is 0.358 e. The fourth-order valence-corrected chi connectivity index (χ4v) is 9.11. The quantitative estimate of drug-likeness (QED) is 0.102. The Balaban J connectivity index is 1.28. The molecule has 0 aliphatic rings. The van der Waals surface area contributed by atoms with Crippen molar-refractivity contribution in [1.82, 2.24) is 0 Å². The van der Waals surface area contributed by atoms with Crippen LogP contribution in [0.15, 0.2) is 121 Å². The summed E-state index contributed by atoms with van der Waals surface area (Å²) in [5.41, 5.74) is 6.82. The van der Waals surface area contributed by atoms with E-state index < -0.39 is 21.2 Å². The Hall–Kier alpha value is -1.83. The van der Waals surface area contributed by atoms with Gasteiger partial charge in [-0.1, -0.05) is 48.5 Å². The molecule has 4 nitrogen and oxygen atoms in total. The highest BCUT2D eigenvalue weighted by Crippen LogP contribution is 2.32. The summed E-state index contributed by atoms with van der Waals surface area (Å²) in [4.78, 5) is 0. The van der Waals surface area contributed by atoms with Crippen molar-refractivity contribution in [3.8, 4) is 23.0 Å². The molecule has 0 heterocycles. The summed E-state index contributed by atoms with van der Waals surface area (Å²) in [6.07, 6.45) is 0. The molecule has 0 N–H and O–H groups in total. The molecule has 51 heavy (non-hydrogen) atoms. The van der Waals surface area contributed by atoms with Crippen LogP contribution in [0.25, 0.3) is 0 Å². The highest BCUT2D eigenvalue weighted by atomic mass is 127. The minimum atomic E-state index is -0.607. The molecule has 0 atom stereocenters. The second-order valence-corrected chi connectivity index (χ2v) is 19.7. The zero-order valence-corrected chi connectivity index (χ0v) is 38.7. The standard InChI is InChI=1S/C42H34I5O4/c1-27-19-39(48-23-29-3-11-33(43)12-4-29)41(50-25-31-7-15-35(45)16-8-31)21-37(27)47-38-22-42(51-26-32-9-17-36(46)18-10-32)40(20-28(38)2)49-24-30-5-13-34(44)14-6-30/h3-22H,23-26H2,1-2H3/q+1. The van der Waals surface area contributed by atoms with Crippen LogP contribution in [0.1, 0.15) is 33.4 Å². The summed E-state index contributed by atoms with van der Waals surface area (Å²) >= 11 is 8.70. The average Bonchev–Trinajstić information content (AvgIpc) is 3.13. The predicted molar refractivity (Wildman–Crippen MR) is 234 cm³/mol. The molecule has 0 spiro atoms. The average molecular weight is 1240 g/mol. The first-order chi connectivity index (χ1) is 24.7. The molecular weight excluding hydrogens is 1200 g/mol. The van der Waals surface area contributed by atoms with E-state index in [1.54, 1.807) is 0 Å². The highest BCUT2D eigenvalue weighted by molar-refractivity contribution is 14.1. The van der Waals surface area contributed by atoms with Gasteiger partial charge >= 0.3 is 21.2 Å². The third kappa shape index (κ3) is 11.6. The minimum absolute atomic E-state index is 0.458. The maximum absolute atomic E-state index is 6.50. The van der Waals surface area contributed by atoms with Crippen molar-refractivity contribution < 1.29 is 40.2 Å². The Kier molecular flexibility index (Phi) is 14.5. The van der Waals surface area contributed by atoms with Gasteiger partial charge < -0.3 is 18.9 Å². The number of hydrogen-bond acceptors (Lipinski definition) is 4. The van der Waals surface area contributed by atoms with E-state index in [9.17, 15) is 0 Å². The first-order valence-electron chi connectivity index (χ1n) is 16.1. The molecule has 0 saturated heterocycles. The molecule has 260 valence electrons. The van der Waals surface area contributed by atoms with E-state index in [1.165, 1.54) is 32.5 Å². The van der Waals surface area contributed by atoms with Gasteiger partial charge in [0.15, 0.2) is 23.0 Å². The van der Waals surface area contributed by atoms with Crippen LogP contribution in [0.5, 0.6) is 23.0 Å². The summed E-state index contributed by atoms with van der Waals surface area (Å²) in [5.74, 6) is 3.01. The fraction of sp³-hybridized carbons (Fsp3) is 0.143. The summed E-state index contributed by atoms with van der Waals surface area (Å²) in [7, 11) is 0. The Bertz CT molecular complexity index is 1910. The Labute approximate surface area is 365 Å². The van der Waals surface area contributed by atoms with Crippen LogP contribution in [0.4, 0.5) is 0 Å². The van der Waals surface area contributed by atoms with Gasteiger partial charge in [0.05, 0.1) is 0 Å². The molecule has 0 bridgehead atoms. The van der Waals surface area contributed by atoms with Gasteiger partial charge in [-0.25, -0.2) is 0 Å². The van der Waals surface area contributed by atoms with Gasteiger partial charge in [0, 0.05) is 37.5 Å². The normalized spacial score (nSPS) is 10.9. The molecule has 0 unspecified atom stereocenters. The smallest absolute Gasteiger partial charge is 0.358 e. The molecule has 0 amide bonds. The molecule has 0 aliphatic heterocycles. The number of aryl methyl sites for hydroxylation is 2. The third-order valence-corrected chi connectivity index (χ3v) is 14.2. The monoisotopic (exact) mass is 1240 g/mol. The van der Waals surface area contributed by atoms with Gasteiger partial charge in [0.25, 0.3) is 0 Å². The van der Waals surface area contributed by atoms with E-state index in [0.717, 1.165) is 45.3 Å². The Morgan fingerprint density at radius 1 is 0.373 bits per heavy atom. The van der Waals surface area contributed by atoms with Crippen LogP contribution in [0.3, 0.4) is 0 Å². The van der Waals surface area contributed by atoms with Gasteiger partial charge in [-0.05, 0) is 187 Å². The van der Waals surface area contributed by atoms with Crippen molar-refractivity contribution in [2.75, 3.05) is 0 Å². The van der Waals surface area contributed by atoms with E-state index in [0.29, 0.717) is 26.4 Å². The van der Waals surface area contributed by atoms with Crippen LogP contribution in [0.2, 0.25) is 0 Å². The van der Waals surface area contributed by atoms with E-state index in [4.69, 9.17) is 18.9 Å². The van der Waals surface area contributed by atoms with Crippen molar-refractivity contribution in [2.24, 2.45) is 0 Å². The summed E-state index contributed by atoms with van der Waals surface area (Å²) in [5, 5.41) is 0. The van der Waals surface area contributed by atoms with Gasteiger partial charge in [-0.15, -0.1) is 0 Å². The molecule has 0 fully saturated rings. The molecule has 0 aromatic heterocycles. The molecule has 0 radical (unpaired) electrons. The van der Waals surface area contributed by atoms with Crippen LogP contribution in [0, 0.1) is 35.3 Å². The fourth-order valence-electron chi connectivity index (χ4n) is 5.00. The lowest BCUT2D eigenvalue weighted by Gasteiger charge is -2.15. The van der Waals surface area contributed by atoms with Crippen LogP contribution in [-0.2, 0) is 26.4 Å². The van der Waals surface area contributed by atoms with Crippen molar-refractivity contribution in [3.05, 3.63) is 176 Å². The molecule has 0 saturated carbocycles. The second kappa shape index (κ2) is 19.0. The zero-order chi connectivity index (χ0) is 35.7. The molecule has 6 aromatic rings. The lowest BCUT2D eigenvalue weighted by Crippen LogP contribution is -3.62. The van der Waals surface area contributed by atoms with Gasteiger partial charge in [-0.3, -0.25) is 0 Å².